The summed E-state index contributed by atoms with van der Waals surface area (Å²) in [6.45, 7) is 1.76. The van der Waals surface area contributed by atoms with Crippen molar-refractivity contribution in [2.75, 3.05) is 0 Å². The van der Waals surface area contributed by atoms with E-state index in [1.54, 1.807) is 6.92 Å². The van der Waals surface area contributed by atoms with Crippen molar-refractivity contribution >= 4 is 11.6 Å². The summed E-state index contributed by atoms with van der Waals surface area (Å²) in [6.07, 6.45) is 0.404. The molecule has 21 heavy (non-hydrogen) atoms. The Labute approximate surface area is 120 Å². The Balaban J connectivity index is 2.39. The van der Waals surface area contributed by atoms with Crippen LogP contribution in [0.4, 0.5) is 0 Å². The van der Waals surface area contributed by atoms with E-state index in [2.05, 4.69) is 0 Å². The molecule has 2 aromatic rings. The first kappa shape index (κ1) is 13.2. The molecule has 0 radical (unpaired) electrons. The molecule has 0 aromatic heterocycles. The van der Waals surface area contributed by atoms with E-state index in [4.69, 9.17) is 0 Å². The minimum Gasteiger partial charge on any atom is -0.507 e. The van der Waals surface area contributed by atoms with E-state index in [9.17, 15) is 24.9 Å². The SMILES string of the molecule is CCc1cc2c(c(O)c1O)C(=O)c1c(O)cccc1C2=O. The molecule has 0 heterocycles. The molecule has 1 aliphatic rings. The lowest BCUT2D eigenvalue weighted by Crippen LogP contribution is -2.21. The molecule has 0 saturated heterocycles. The summed E-state index contributed by atoms with van der Waals surface area (Å²) in [5.41, 5.74) is 0.124. The van der Waals surface area contributed by atoms with Crippen molar-refractivity contribution in [3.8, 4) is 17.2 Å². The Morgan fingerprint density at radius 2 is 1.62 bits per heavy atom. The van der Waals surface area contributed by atoms with Crippen LogP contribution in [0.1, 0.15) is 44.3 Å². The van der Waals surface area contributed by atoms with Crippen molar-refractivity contribution < 1.29 is 24.9 Å². The van der Waals surface area contributed by atoms with Crippen molar-refractivity contribution in [2.24, 2.45) is 0 Å². The van der Waals surface area contributed by atoms with E-state index < -0.39 is 23.1 Å². The van der Waals surface area contributed by atoms with Crippen LogP contribution in [0.25, 0.3) is 0 Å². The summed E-state index contributed by atoms with van der Waals surface area (Å²) in [7, 11) is 0. The van der Waals surface area contributed by atoms with Gasteiger partial charge in [0.2, 0.25) is 5.78 Å². The maximum absolute atomic E-state index is 12.5. The second-order valence-corrected chi connectivity index (χ2v) is 4.87. The molecule has 3 N–H and O–H groups in total. The zero-order chi connectivity index (χ0) is 15.3. The first-order valence-corrected chi connectivity index (χ1v) is 6.46. The van der Waals surface area contributed by atoms with Crippen LogP contribution in [0.3, 0.4) is 0 Å². The van der Waals surface area contributed by atoms with Crippen LogP contribution in [0, 0.1) is 0 Å². The predicted octanol–water partition coefficient (Wildman–Crippen LogP) is 2.14. The number of hydrogen-bond donors (Lipinski definition) is 3. The molecule has 2 aromatic carbocycles. The number of benzene rings is 2. The third-order valence-corrected chi connectivity index (χ3v) is 3.72. The Morgan fingerprint density at radius 1 is 0.905 bits per heavy atom. The van der Waals surface area contributed by atoms with Gasteiger partial charge in [0, 0.05) is 11.1 Å². The average molecular weight is 284 g/mol. The first-order chi connectivity index (χ1) is 9.97. The van der Waals surface area contributed by atoms with Gasteiger partial charge in [-0.25, -0.2) is 0 Å². The highest BCUT2D eigenvalue weighted by atomic mass is 16.3. The van der Waals surface area contributed by atoms with Crippen LogP contribution in [-0.2, 0) is 6.42 Å². The largest absolute Gasteiger partial charge is 0.507 e. The number of ketones is 2. The number of aromatic hydroxyl groups is 3. The zero-order valence-electron chi connectivity index (χ0n) is 11.2. The molecule has 3 rings (SSSR count). The molecule has 5 heteroatoms. The Morgan fingerprint density at radius 3 is 2.29 bits per heavy atom. The molecule has 0 aliphatic heterocycles. The van der Waals surface area contributed by atoms with Crippen molar-refractivity contribution in [3.05, 3.63) is 52.1 Å². The molecule has 106 valence electrons. The highest BCUT2D eigenvalue weighted by Gasteiger charge is 2.35. The normalized spacial score (nSPS) is 13.0. The van der Waals surface area contributed by atoms with E-state index in [-0.39, 0.29) is 28.0 Å². The number of hydrogen-bond acceptors (Lipinski definition) is 5. The second kappa shape index (κ2) is 4.34. The van der Waals surface area contributed by atoms with Crippen molar-refractivity contribution in [2.45, 2.75) is 13.3 Å². The molecule has 1 aliphatic carbocycles. The summed E-state index contributed by atoms with van der Waals surface area (Å²) < 4.78 is 0. The minimum absolute atomic E-state index is 0.0465. The van der Waals surface area contributed by atoms with Crippen LogP contribution < -0.4 is 0 Å². The molecule has 5 nitrogen and oxygen atoms in total. The number of rotatable bonds is 1. The summed E-state index contributed by atoms with van der Waals surface area (Å²) in [4.78, 5) is 24.9. The lowest BCUT2D eigenvalue weighted by molar-refractivity contribution is 0.0973. The van der Waals surface area contributed by atoms with Crippen LogP contribution in [0.5, 0.6) is 17.2 Å². The van der Waals surface area contributed by atoms with E-state index in [0.717, 1.165) is 0 Å². The van der Waals surface area contributed by atoms with Gasteiger partial charge in [-0.3, -0.25) is 9.59 Å². The quantitative estimate of drug-likeness (QED) is 0.595. The minimum atomic E-state index is -0.673. The summed E-state index contributed by atoms with van der Waals surface area (Å²) in [5, 5.41) is 29.8. The molecule has 0 fully saturated rings. The smallest absolute Gasteiger partial charge is 0.202 e. The summed E-state index contributed by atoms with van der Waals surface area (Å²) in [6, 6.07) is 5.64. The van der Waals surface area contributed by atoms with Crippen LogP contribution in [0.15, 0.2) is 24.3 Å². The van der Waals surface area contributed by atoms with E-state index in [1.165, 1.54) is 24.3 Å². The highest BCUT2D eigenvalue weighted by Crippen LogP contribution is 2.42. The van der Waals surface area contributed by atoms with Gasteiger partial charge in [-0.15, -0.1) is 0 Å². The molecule has 0 bridgehead atoms. The van der Waals surface area contributed by atoms with Crippen LogP contribution in [-0.4, -0.2) is 26.9 Å². The molecule has 0 atom stereocenters. The molecule has 0 amide bonds. The van der Waals surface area contributed by atoms with Gasteiger partial charge in [0.25, 0.3) is 0 Å². The fourth-order valence-corrected chi connectivity index (χ4v) is 2.63. The van der Waals surface area contributed by atoms with E-state index >= 15 is 0 Å². The third-order valence-electron chi connectivity index (χ3n) is 3.72. The van der Waals surface area contributed by atoms with Gasteiger partial charge in [0.05, 0.1) is 11.1 Å². The number of fused-ring (bicyclic) bond motifs is 2. The first-order valence-electron chi connectivity index (χ1n) is 6.46. The van der Waals surface area contributed by atoms with E-state index in [0.29, 0.717) is 12.0 Å². The lowest BCUT2D eigenvalue weighted by atomic mass is 9.82. The molecular weight excluding hydrogens is 272 g/mol. The highest BCUT2D eigenvalue weighted by molar-refractivity contribution is 6.30. The number of carbonyl (C=O) groups excluding carboxylic acids is 2. The standard InChI is InChI=1S/C16H12O5/c1-2-7-6-9-12(16(21)13(7)18)15(20)11-8(14(9)19)4-3-5-10(11)17/h3-6,17-18,21H,2H2,1H3. The number of phenols is 3. The van der Waals surface area contributed by atoms with Gasteiger partial charge in [-0.05, 0) is 24.1 Å². The maximum Gasteiger partial charge on any atom is 0.202 e. The van der Waals surface area contributed by atoms with Gasteiger partial charge in [0.1, 0.15) is 5.75 Å². The van der Waals surface area contributed by atoms with Crippen molar-refractivity contribution in [3.63, 3.8) is 0 Å². The van der Waals surface area contributed by atoms with Gasteiger partial charge in [0.15, 0.2) is 17.3 Å². The molecule has 0 saturated carbocycles. The average Bonchev–Trinajstić information content (AvgIpc) is 2.47. The summed E-state index contributed by atoms with van der Waals surface area (Å²) >= 11 is 0. The molecular formula is C16H12O5. The zero-order valence-corrected chi connectivity index (χ0v) is 11.2. The van der Waals surface area contributed by atoms with Crippen LogP contribution in [0.2, 0.25) is 0 Å². The molecule has 0 spiro atoms. The number of carbonyl (C=O) groups is 2. The fraction of sp³-hybridized carbons (Fsp3) is 0.125. The fourth-order valence-electron chi connectivity index (χ4n) is 2.63. The third kappa shape index (κ3) is 1.64. The number of phenolic OH excluding ortho intramolecular Hbond substituents is 3. The van der Waals surface area contributed by atoms with Crippen molar-refractivity contribution in [1.29, 1.82) is 0 Å². The van der Waals surface area contributed by atoms with Crippen LogP contribution >= 0.6 is 0 Å². The van der Waals surface area contributed by atoms with Gasteiger partial charge >= 0.3 is 0 Å². The topological polar surface area (TPSA) is 94.8 Å². The maximum atomic E-state index is 12.5. The van der Waals surface area contributed by atoms with Gasteiger partial charge in [-0.1, -0.05) is 19.1 Å². The monoisotopic (exact) mass is 284 g/mol. The summed E-state index contributed by atoms with van der Waals surface area (Å²) in [5.74, 6) is -2.48. The van der Waals surface area contributed by atoms with Gasteiger partial charge in [-0.2, -0.15) is 0 Å². The van der Waals surface area contributed by atoms with E-state index in [1.807, 2.05) is 0 Å². The lowest BCUT2D eigenvalue weighted by Gasteiger charge is -2.20. The Kier molecular flexibility index (Phi) is 2.73. The predicted molar refractivity (Wildman–Crippen MR) is 74.1 cm³/mol. The van der Waals surface area contributed by atoms with Gasteiger partial charge < -0.3 is 15.3 Å². The Hall–Kier alpha value is -2.82. The molecule has 0 unspecified atom stereocenters. The number of aryl methyl sites for hydroxylation is 1. The Bertz CT molecular complexity index is 805. The second-order valence-electron chi connectivity index (χ2n) is 4.87. The van der Waals surface area contributed by atoms with Crippen molar-refractivity contribution in [1.82, 2.24) is 0 Å².